The maximum absolute atomic E-state index is 13.8. The smallest absolute Gasteiger partial charge is 0.271 e. The van der Waals surface area contributed by atoms with Crippen molar-refractivity contribution in [1.82, 2.24) is 4.57 Å². The molecule has 2 heterocycles. The van der Waals surface area contributed by atoms with E-state index in [4.69, 9.17) is 14.5 Å². The van der Waals surface area contributed by atoms with Crippen molar-refractivity contribution in [1.29, 1.82) is 0 Å². The predicted molar refractivity (Wildman–Crippen MR) is 140 cm³/mol. The number of aromatic nitrogens is 1. The normalized spacial score (nSPS) is 16.6. The van der Waals surface area contributed by atoms with Crippen LogP contribution in [0, 0.1) is 0 Å². The SMILES string of the molecule is COc1ccc([C@H]2C3=C(N=c4s/c(=C\c5ccccc5O)c(=O)n42)c2ccccc2CC3)cc1OC. The van der Waals surface area contributed by atoms with Crippen LogP contribution in [-0.4, -0.2) is 23.9 Å². The van der Waals surface area contributed by atoms with Crippen molar-refractivity contribution < 1.29 is 14.6 Å². The molecule has 0 fully saturated rings. The molecule has 3 aromatic carbocycles. The Balaban J connectivity index is 1.63. The van der Waals surface area contributed by atoms with E-state index in [-0.39, 0.29) is 17.4 Å². The molecule has 0 unspecified atom stereocenters. The van der Waals surface area contributed by atoms with E-state index in [1.54, 1.807) is 43.1 Å². The number of nitrogens with zero attached hydrogens (tertiary/aromatic N) is 2. The lowest BCUT2D eigenvalue weighted by Crippen LogP contribution is -2.38. The Morgan fingerprint density at radius 1 is 1.00 bits per heavy atom. The number of phenols is 1. The molecular weight excluding hydrogens is 472 g/mol. The summed E-state index contributed by atoms with van der Waals surface area (Å²) in [4.78, 5) is 19.5. The monoisotopic (exact) mass is 496 g/mol. The zero-order valence-electron chi connectivity index (χ0n) is 19.9. The van der Waals surface area contributed by atoms with Crippen LogP contribution in [0.3, 0.4) is 0 Å². The molecule has 0 saturated carbocycles. The van der Waals surface area contributed by atoms with Crippen LogP contribution in [-0.2, 0) is 6.42 Å². The van der Waals surface area contributed by atoms with Crippen LogP contribution in [0.5, 0.6) is 17.2 Å². The fraction of sp³-hybridized carbons (Fsp3) is 0.172. The Labute approximate surface area is 211 Å². The topological polar surface area (TPSA) is 73.0 Å². The van der Waals surface area contributed by atoms with Crippen molar-refractivity contribution in [3.8, 4) is 17.2 Å². The third kappa shape index (κ3) is 3.55. The molecule has 1 aliphatic heterocycles. The number of aromatic hydroxyl groups is 1. The Morgan fingerprint density at radius 3 is 2.58 bits per heavy atom. The summed E-state index contributed by atoms with van der Waals surface area (Å²) in [5.74, 6) is 1.38. The van der Waals surface area contributed by atoms with E-state index in [9.17, 15) is 9.90 Å². The fourth-order valence-electron chi connectivity index (χ4n) is 5.10. The number of benzene rings is 3. The Bertz CT molecular complexity index is 1710. The van der Waals surface area contributed by atoms with Crippen molar-refractivity contribution in [2.45, 2.75) is 18.9 Å². The highest BCUT2D eigenvalue weighted by molar-refractivity contribution is 7.07. The van der Waals surface area contributed by atoms with Gasteiger partial charge in [-0.25, -0.2) is 4.99 Å². The number of rotatable bonds is 4. The fourth-order valence-corrected chi connectivity index (χ4v) is 6.09. The minimum atomic E-state index is -0.323. The number of allylic oxidation sites excluding steroid dienone is 1. The van der Waals surface area contributed by atoms with E-state index in [0.29, 0.717) is 26.4 Å². The zero-order chi connectivity index (χ0) is 24.8. The Hall–Kier alpha value is -4.10. The van der Waals surface area contributed by atoms with Crippen LogP contribution < -0.4 is 24.4 Å². The first kappa shape index (κ1) is 22.4. The van der Waals surface area contributed by atoms with Gasteiger partial charge in [-0.3, -0.25) is 9.36 Å². The largest absolute Gasteiger partial charge is 0.507 e. The molecule has 0 amide bonds. The van der Waals surface area contributed by atoms with Gasteiger partial charge in [-0.15, -0.1) is 0 Å². The number of hydrogen-bond donors (Lipinski definition) is 1. The molecule has 1 N–H and O–H groups in total. The van der Waals surface area contributed by atoms with Crippen LogP contribution in [0.1, 0.15) is 34.7 Å². The molecule has 2 aliphatic rings. The number of fused-ring (bicyclic) bond motifs is 3. The minimum Gasteiger partial charge on any atom is -0.507 e. The number of phenolic OH excluding ortho intramolecular Hbond substituents is 1. The van der Waals surface area contributed by atoms with Gasteiger partial charge in [0, 0.05) is 11.1 Å². The van der Waals surface area contributed by atoms with Crippen molar-refractivity contribution >= 4 is 23.1 Å². The number of para-hydroxylation sites is 1. The summed E-state index contributed by atoms with van der Waals surface area (Å²) in [6.07, 6.45) is 3.43. The second-order valence-corrected chi connectivity index (χ2v) is 9.80. The van der Waals surface area contributed by atoms with Gasteiger partial charge in [0.05, 0.1) is 30.5 Å². The summed E-state index contributed by atoms with van der Waals surface area (Å²) in [5.41, 5.74) is 5.83. The summed E-state index contributed by atoms with van der Waals surface area (Å²) < 4.78 is 13.4. The number of aryl methyl sites for hydroxylation is 1. The lowest BCUT2D eigenvalue weighted by molar-refractivity contribution is 0.354. The van der Waals surface area contributed by atoms with Gasteiger partial charge < -0.3 is 14.6 Å². The van der Waals surface area contributed by atoms with E-state index in [0.717, 1.165) is 35.2 Å². The predicted octanol–water partition coefficient (Wildman–Crippen LogP) is 4.04. The second-order valence-electron chi connectivity index (χ2n) is 8.79. The molecule has 0 spiro atoms. The van der Waals surface area contributed by atoms with Crippen LogP contribution in [0.25, 0.3) is 11.8 Å². The van der Waals surface area contributed by atoms with Gasteiger partial charge in [0.25, 0.3) is 5.56 Å². The molecule has 0 saturated heterocycles. The van der Waals surface area contributed by atoms with Gasteiger partial charge in [0.15, 0.2) is 16.3 Å². The summed E-state index contributed by atoms with van der Waals surface area (Å²) in [5, 5.41) is 10.3. The van der Waals surface area contributed by atoms with Gasteiger partial charge in [0.2, 0.25) is 0 Å². The van der Waals surface area contributed by atoms with E-state index >= 15 is 0 Å². The van der Waals surface area contributed by atoms with E-state index in [1.807, 2.05) is 30.3 Å². The highest BCUT2D eigenvalue weighted by Gasteiger charge is 2.33. The van der Waals surface area contributed by atoms with Crippen molar-refractivity contribution in [3.05, 3.63) is 114 Å². The third-order valence-corrected chi connectivity index (χ3v) is 7.80. The third-order valence-electron chi connectivity index (χ3n) is 6.82. The molecule has 0 bridgehead atoms. The zero-order valence-corrected chi connectivity index (χ0v) is 20.7. The standard InChI is InChI=1S/C29H24N2O4S/c1-34-23-14-12-19(15-24(23)35-2)27-21-13-11-17-7-3-5-9-20(17)26(21)30-29-31(27)28(33)25(36-29)16-18-8-4-6-10-22(18)32/h3-10,12,14-16,27,32H,11,13H2,1-2H3/b25-16-/t27-/m0/s1. The maximum Gasteiger partial charge on any atom is 0.271 e. The Kier molecular flexibility index (Phi) is 5.49. The highest BCUT2D eigenvalue weighted by Crippen LogP contribution is 2.42. The maximum atomic E-state index is 13.8. The quantitative estimate of drug-likeness (QED) is 0.463. The van der Waals surface area contributed by atoms with Crippen molar-refractivity contribution in [2.24, 2.45) is 4.99 Å². The summed E-state index contributed by atoms with van der Waals surface area (Å²) in [6, 6.07) is 20.8. The van der Waals surface area contributed by atoms with Gasteiger partial charge in [-0.1, -0.05) is 59.9 Å². The van der Waals surface area contributed by atoms with Crippen molar-refractivity contribution in [2.75, 3.05) is 14.2 Å². The average Bonchev–Trinajstić information content (AvgIpc) is 3.22. The van der Waals surface area contributed by atoms with E-state index < -0.39 is 0 Å². The van der Waals surface area contributed by atoms with Crippen LogP contribution in [0.15, 0.2) is 82.1 Å². The second kappa shape index (κ2) is 8.84. The van der Waals surface area contributed by atoms with E-state index in [2.05, 4.69) is 18.2 Å². The molecule has 6 nitrogen and oxygen atoms in total. The van der Waals surface area contributed by atoms with Crippen LogP contribution in [0.4, 0.5) is 0 Å². The first-order valence-corrected chi connectivity index (χ1v) is 12.5. The van der Waals surface area contributed by atoms with E-state index in [1.165, 1.54) is 16.9 Å². The first-order valence-electron chi connectivity index (χ1n) is 11.7. The number of ether oxygens (including phenoxy) is 2. The van der Waals surface area contributed by atoms with Crippen LogP contribution >= 0.6 is 11.3 Å². The molecule has 1 aromatic heterocycles. The molecule has 0 radical (unpaired) electrons. The van der Waals surface area contributed by atoms with Gasteiger partial charge in [0.1, 0.15) is 5.75 Å². The Morgan fingerprint density at radius 2 is 1.78 bits per heavy atom. The summed E-state index contributed by atoms with van der Waals surface area (Å²) in [6.45, 7) is 0. The number of methoxy groups -OCH3 is 2. The average molecular weight is 497 g/mol. The summed E-state index contributed by atoms with van der Waals surface area (Å²) >= 11 is 1.34. The van der Waals surface area contributed by atoms with Gasteiger partial charge in [-0.2, -0.15) is 0 Å². The molecule has 6 rings (SSSR count). The highest BCUT2D eigenvalue weighted by atomic mass is 32.1. The summed E-state index contributed by atoms with van der Waals surface area (Å²) in [7, 11) is 3.22. The lowest BCUT2D eigenvalue weighted by Gasteiger charge is -2.31. The lowest BCUT2D eigenvalue weighted by atomic mass is 9.83. The molecule has 36 heavy (non-hydrogen) atoms. The van der Waals surface area contributed by atoms with Crippen LogP contribution in [0.2, 0.25) is 0 Å². The molecule has 1 aliphatic carbocycles. The van der Waals surface area contributed by atoms with Gasteiger partial charge >= 0.3 is 0 Å². The molecule has 180 valence electrons. The first-order chi connectivity index (χ1) is 17.6. The molecule has 4 aromatic rings. The number of thiazole rings is 1. The van der Waals surface area contributed by atoms with Gasteiger partial charge in [-0.05, 0) is 53.8 Å². The molecular formula is C29H24N2O4S. The number of hydrogen-bond acceptors (Lipinski definition) is 6. The van der Waals surface area contributed by atoms with Crippen molar-refractivity contribution in [3.63, 3.8) is 0 Å². The molecule has 1 atom stereocenters. The molecule has 7 heteroatoms. The minimum absolute atomic E-state index is 0.132.